The Bertz CT molecular complexity index is 315. The van der Waals surface area contributed by atoms with Crippen molar-refractivity contribution in [3.63, 3.8) is 0 Å². The molecule has 1 spiro atoms. The Hall–Kier alpha value is -0.510. The highest BCUT2D eigenvalue weighted by atomic mass is 32.2. The Balaban J connectivity index is 1.85. The van der Waals surface area contributed by atoms with Crippen LogP contribution in [0.5, 0.6) is 0 Å². The van der Waals surface area contributed by atoms with Crippen molar-refractivity contribution in [2.45, 2.75) is 44.1 Å². The molecule has 1 aliphatic carbocycles. The molecule has 0 unspecified atom stereocenters. The Morgan fingerprint density at radius 3 is 2.60 bits per heavy atom. The fourth-order valence-corrected chi connectivity index (χ4v) is 4.15. The monoisotopic (exact) mass is 224 g/mol. The van der Waals surface area contributed by atoms with Crippen LogP contribution in [-0.2, 0) is 4.79 Å². The highest BCUT2D eigenvalue weighted by molar-refractivity contribution is 8.14. The van der Waals surface area contributed by atoms with E-state index in [1.54, 1.807) is 11.8 Å². The largest absolute Gasteiger partial charge is 0.345 e. The van der Waals surface area contributed by atoms with Gasteiger partial charge >= 0.3 is 0 Å². The predicted octanol–water partition coefficient (Wildman–Crippen LogP) is 2.02. The van der Waals surface area contributed by atoms with Gasteiger partial charge in [-0.25, -0.2) is 0 Å². The van der Waals surface area contributed by atoms with Gasteiger partial charge in [-0.2, -0.15) is 4.99 Å². The van der Waals surface area contributed by atoms with Crippen LogP contribution in [0.1, 0.15) is 38.5 Å². The molecular formula is C11H16N2OS. The van der Waals surface area contributed by atoms with Gasteiger partial charge in [-0.05, 0) is 25.7 Å². The maximum absolute atomic E-state index is 11.2. The molecule has 3 nitrogen and oxygen atoms in total. The summed E-state index contributed by atoms with van der Waals surface area (Å²) >= 11 is 1.63. The second kappa shape index (κ2) is 3.51. The van der Waals surface area contributed by atoms with E-state index in [0.29, 0.717) is 11.3 Å². The third kappa shape index (κ3) is 1.50. The molecule has 0 radical (unpaired) electrons. The fraction of sp³-hybridized carbons (Fsp3) is 0.818. The number of carbonyl (C=O) groups is 1. The van der Waals surface area contributed by atoms with E-state index >= 15 is 0 Å². The zero-order chi connectivity index (χ0) is 10.3. The van der Waals surface area contributed by atoms with E-state index in [1.165, 1.54) is 38.5 Å². The second-order valence-electron chi connectivity index (χ2n) is 4.76. The maximum Gasteiger partial charge on any atom is 0.258 e. The van der Waals surface area contributed by atoms with E-state index in [4.69, 9.17) is 0 Å². The van der Waals surface area contributed by atoms with Crippen LogP contribution < -0.4 is 0 Å². The van der Waals surface area contributed by atoms with Crippen molar-refractivity contribution in [1.82, 2.24) is 4.90 Å². The lowest BCUT2D eigenvalue weighted by molar-refractivity contribution is -0.115. The number of hydrogen-bond acceptors (Lipinski definition) is 3. The lowest BCUT2D eigenvalue weighted by atomic mass is 9.95. The summed E-state index contributed by atoms with van der Waals surface area (Å²) in [5.41, 5.74) is 0.385. The molecule has 82 valence electrons. The zero-order valence-electron chi connectivity index (χ0n) is 8.87. The molecule has 15 heavy (non-hydrogen) atoms. The molecule has 0 aromatic carbocycles. The van der Waals surface area contributed by atoms with Gasteiger partial charge in [0, 0.05) is 12.1 Å². The summed E-state index contributed by atoms with van der Waals surface area (Å²) in [6, 6.07) is 0. The molecule has 0 atom stereocenters. The summed E-state index contributed by atoms with van der Waals surface area (Å²) in [4.78, 5) is 17.8. The Morgan fingerprint density at radius 1 is 1.20 bits per heavy atom. The minimum absolute atomic E-state index is 0.0510. The summed E-state index contributed by atoms with van der Waals surface area (Å²) in [6.45, 7) is 1.11. The van der Waals surface area contributed by atoms with E-state index in [1.807, 2.05) is 0 Å². The molecule has 3 aliphatic rings. The number of rotatable bonds is 0. The van der Waals surface area contributed by atoms with Crippen molar-refractivity contribution in [1.29, 1.82) is 0 Å². The Labute approximate surface area is 94.3 Å². The highest BCUT2D eigenvalue weighted by Crippen LogP contribution is 2.44. The van der Waals surface area contributed by atoms with E-state index in [0.717, 1.165) is 11.7 Å². The first kappa shape index (κ1) is 9.70. The normalized spacial score (nSPS) is 29.2. The van der Waals surface area contributed by atoms with Crippen LogP contribution in [0, 0.1) is 0 Å². The van der Waals surface area contributed by atoms with Crippen molar-refractivity contribution in [3.8, 4) is 0 Å². The lowest BCUT2D eigenvalue weighted by Crippen LogP contribution is -2.43. The number of thioether (sulfide) groups is 1. The fourth-order valence-electron chi connectivity index (χ4n) is 3.23. The Morgan fingerprint density at radius 2 is 1.93 bits per heavy atom. The van der Waals surface area contributed by atoms with Crippen LogP contribution in [0.15, 0.2) is 4.99 Å². The van der Waals surface area contributed by atoms with E-state index < -0.39 is 0 Å². The van der Waals surface area contributed by atoms with E-state index in [2.05, 4.69) is 9.89 Å². The quantitative estimate of drug-likeness (QED) is 0.631. The molecular weight excluding hydrogens is 208 g/mol. The topological polar surface area (TPSA) is 32.7 Å². The van der Waals surface area contributed by atoms with Crippen molar-refractivity contribution < 1.29 is 4.79 Å². The molecule has 2 fully saturated rings. The zero-order valence-corrected chi connectivity index (χ0v) is 9.68. The minimum Gasteiger partial charge on any atom is -0.345 e. The molecule has 0 bridgehead atoms. The molecule has 0 N–H and O–H groups in total. The van der Waals surface area contributed by atoms with E-state index in [9.17, 15) is 4.79 Å². The van der Waals surface area contributed by atoms with Crippen molar-refractivity contribution >= 4 is 22.8 Å². The molecule has 0 aromatic heterocycles. The van der Waals surface area contributed by atoms with Crippen molar-refractivity contribution in [3.05, 3.63) is 0 Å². The van der Waals surface area contributed by atoms with Crippen LogP contribution in [-0.4, -0.2) is 33.8 Å². The number of nitrogens with zero attached hydrogens (tertiary/aromatic N) is 2. The van der Waals surface area contributed by atoms with Crippen LogP contribution in [0.25, 0.3) is 0 Å². The number of aliphatic imine (C=N–C) groups is 1. The number of amides is 1. The SMILES string of the molecule is O=C1CSC(N2CCCC23CCCC3)=N1. The molecule has 1 amide bonds. The molecule has 1 saturated carbocycles. The lowest BCUT2D eigenvalue weighted by Gasteiger charge is -2.36. The average Bonchev–Trinajstić information content (AvgIpc) is 2.90. The summed E-state index contributed by atoms with van der Waals surface area (Å²) < 4.78 is 0. The second-order valence-corrected chi connectivity index (χ2v) is 5.71. The number of hydrogen-bond donors (Lipinski definition) is 0. The van der Waals surface area contributed by atoms with Crippen molar-refractivity contribution in [2.24, 2.45) is 4.99 Å². The van der Waals surface area contributed by atoms with Crippen LogP contribution in [0.2, 0.25) is 0 Å². The summed E-state index contributed by atoms with van der Waals surface area (Å²) in [6.07, 6.45) is 7.89. The maximum atomic E-state index is 11.2. The van der Waals surface area contributed by atoms with Gasteiger partial charge in [-0.3, -0.25) is 4.79 Å². The molecule has 1 saturated heterocycles. The summed E-state index contributed by atoms with van der Waals surface area (Å²) in [5, 5.41) is 1.01. The van der Waals surface area contributed by atoms with Crippen LogP contribution >= 0.6 is 11.8 Å². The van der Waals surface area contributed by atoms with Gasteiger partial charge < -0.3 is 4.90 Å². The standard InChI is InChI=1S/C11H16N2OS/c14-9-8-15-10(12-9)13-7-3-6-11(13)4-1-2-5-11/h1-8H2. The summed E-state index contributed by atoms with van der Waals surface area (Å²) in [7, 11) is 0. The average molecular weight is 224 g/mol. The van der Waals surface area contributed by atoms with Gasteiger partial charge in [0.1, 0.15) is 0 Å². The van der Waals surface area contributed by atoms with Gasteiger partial charge in [0.05, 0.1) is 5.75 Å². The third-order valence-electron chi connectivity index (χ3n) is 3.91. The Kier molecular flexibility index (Phi) is 2.27. The molecule has 4 heteroatoms. The smallest absolute Gasteiger partial charge is 0.258 e. The number of likely N-dealkylation sites (tertiary alicyclic amines) is 1. The first-order valence-electron chi connectivity index (χ1n) is 5.82. The van der Waals surface area contributed by atoms with Crippen LogP contribution in [0.3, 0.4) is 0 Å². The van der Waals surface area contributed by atoms with Gasteiger partial charge in [0.25, 0.3) is 5.91 Å². The molecule has 2 heterocycles. The predicted molar refractivity (Wildman–Crippen MR) is 62.0 cm³/mol. The molecule has 2 aliphatic heterocycles. The van der Waals surface area contributed by atoms with Crippen LogP contribution in [0.4, 0.5) is 0 Å². The van der Waals surface area contributed by atoms with Gasteiger partial charge in [-0.15, -0.1) is 0 Å². The highest BCUT2D eigenvalue weighted by Gasteiger charge is 2.45. The summed E-state index contributed by atoms with van der Waals surface area (Å²) in [5.74, 6) is 0.608. The van der Waals surface area contributed by atoms with Gasteiger partial charge in [0.2, 0.25) is 0 Å². The third-order valence-corrected chi connectivity index (χ3v) is 4.87. The van der Waals surface area contributed by atoms with Crippen molar-refractivity contribution in [2.75, 3.05) is 12.3 Å². The first-order valence-corrected chi connectivity index (χ1v) is 6.81. The molecule has 0 aromatic rings. The number of carbonyl (C=O) groups excluding carboxylic acids is 1. The first-order chi connectivity index (χ1) is 7.30. The van der Waals surface area contributed by atoms with E-state index in [-0.39, 0.29) is 5.91 Å². The van der Waals surface area contributed by atoms with Gasteiger partial charge in [-0.1, -0.05) is 24.6 Å². The minimum atomic E-state index is 0.0510. The number of amidine groups is 1. The molecule has 3 rings (SSSR count). The van der Waals surface area contributed by atoms with Gasteiger partial charge in [0.15, 0.2) is 5.17 Å².